The van der Waals surface area contributed by atoms with Crippen LogP contribution < -0.4 is 10.6 Å². The van der Waals surface area contributed by atoms with E-state index in [0.29, 0.717) is 5.69 Å². The number of hydrogen-bond acceptors (Lipinski definition) is 4. The molecule has 0 aliphatic carbocycles. The molecule has 2 amide bonds. The van der Waals surface area contributed by atoms with E-state index in [1.165, 1.54) is 6.33 Å². The van der Waals surface area contributed by atoms with Gasteiger partial charge in [0, 0.05) is 5.69 Å². The molecule has 4 aromatic rings. The van der Waals surface area contributed by atoms with E-state index in [1.54, 1.807) is 23.1 Å². The maximum Gasteiger partial charge on any atom is 0.243 e. The van der Waals surface area contributed by atoms with Gasteiger partial charge < -0.3 is 10.6 Å². The lowest BCUT2D eigenvalue weighted by Gasteiger charge is -2.18. The molecule has 7 heteroatoms. The van der Waals surface area contributed by atoms with Crippen molar-refractivity contribution in [2.24, 2.45) is 0 Å². The minimum absolute atomic E-state index is 0.125. The highest BCUT2D eigenvalue weighted by Crippen LogP contribution is 2.24. The molecule has 0 aliphatic heterocycles. The number of aromatic nitrogens is 3. The Bertz CT molecular complexity index is 1090. The van der Waals surface area contributed by atoms with Gasteiger partial charge in [-0.05, 0) is 35.4 Å². The molecule has 154 valence electrons. The van der Waals surface area contributed by atoms with Crippen LogP contribution in [-0.4, -0.2) is 33.1 Å². The number of amides is 2. The largest absolute Gasteiger partial charge is 0.346 e. The SMILES string of the molecule is O=C(CNC(=O)C(c1ccccc1)c1ccccc1)Nc1ccc(-n2cncn2)cc1. The van der Waals surface area contributed by atoms with Gasteiger partial charge in [0.05, 0.1) is 18.2 Å². The normalized spacial score (nSPS) is 10.6. The predicted molar refractivity (Wildman–Crippen MR) is 118 cm³/mol. The van der Waals surface area contributed by atoms with Crippen molar-refractivity contribution >= 4 is 17.5 Å². The van der Waals surface area contributed by atoms with E-state index in [0.717, 1.165) is 16.8 Å². The van der Waals surface area contributed by atoms with Crippen molar-refractivity contribution < 1.29 is 9.59 Å². The van der Waals surface area contributed by atoms with E-state index in [4.69, 9.17) is 0 Å². The predicted octanol–water partition coefficient (Wildman–Crippen LogP) is 3.15. The van der Waals surface area contributed by atoms with Crippen molar-refractivity contribution in [3.05, 3.63) is 109 Å². The van der Waals surface area contributed by atoms with Crippen molar-refractivity contribution in [1.29, 1.82) is 0 Å². The highest BCUT2D eigenvalue weighted by Gasteiger charge is 2.22. The molecule has 1 aromatic heterocycles. The minimum Gasteiger partial charge on any atom is -0.346 e. The van der Waals surface area contributed by atoms with Crippen LogP contribution in [-0.2, 0) is 9.59 Å². The third-order valence-electron chi connectivity index (χ3n) is 4.79. The fourth-order valence-corrected chi connectivity index (χ4v) is 3.30. The van der Waals surface area contributed by atoms with Crippen molar-refractivity contribution in [3.63, 3.8) is 0 Å². The van der Waals surface area contributed by atoms with Gasteiger partial charge in [0.25, 0.3) is 0 Å². The summed E-state index contributed by atoms with van der Waals surface area (Å²) in [5, 5.41) is 9.61. The van der Waals surface area contributed by atoms with Crippen LogP contribution in [0.5, 0.6) is 0 Å². The number of anilines is 1. The molecule has 2 N–H and O–H groups in total. The fraction of sp³-hybridized carbons (Fsp3) is 0.0833. The second-order valence-corrected chi connectivity index (χ2v) is 6.91. The smallest absolute Gasteiger partial charge is 0.243 e. The standard InChI is InChI=1S/C24H21N5O2/c30-22(28-20-11-13-21(14-12-20)29-17-25-16-27-29)15-26-24(31)23(18-7-3-1-4-8-18)19-9-5-2-6-10-19/h1-14,16-17,23H,15H2,(H,26,31)(H,28,30). The Balaban J connectivity index is 1.39. The lowest BCUT2D eigenvalue weighted by Crippen LogP contribution is -2.36. The Morgan fingerprint density at radius 2 is 1.45 bits per heavy atom. The number of benzene rings is 3. The summed E-state index contributed by atoms with van der Waals surface area (Å²) in [6.45, 7) is -0.125. The second kappa shape index (κ2) is 9.49. The number of hydrogen-bond donors (Lipinski definition) is 2. The number of nitrogens with zero attached hydrogens (tertiary/aromatic N) is 3. The van der Waals surface area contributed by atoms with Crippen LogP contribution in [0, 0.1) is 0 Å². The number of rotatable bonds is 7. The summed E-state index contributed by atoms with van der Waals surface area (Å²) in [5.74, 6) is -1.02. The molecule has 0 saturated carbocycles. The summed E-state index contributed by atoms with van der Waals surface area (Å²) in [6, 6.07) is 26.2. The Hall–Kier alpha value is -4.26. The van der Waals surface area contributed by atoms with Gasteiger partial charge in [-0.2, -0.15) is 5.10 Å². The molecule has 0 radical (unpaired) electrons. The maximum atomic E-state index is 13.0. The number of nitrogens with one attached hydrogen (secondary N) is 2. The van der Waals surface area contributed by atoms with E-state index >= 15 is 0 Å². The molecule has 4 rings (SSSR count). The summed E-state index contributed by atoms with van der Waals surface area (Å²) in [4.78, 5) is 29.3. The minimum atomic E-state index is -0.489. The van der Waals surface area contributed by atoms with Crippen LogP contribution in [0.3, 0.4) is 0 Å². The van der Waals surface area contributed by atoms with E-state index < -0.39 is 5.92 Å². The number of carbonyl (C=O) groups excluding carboxylic acids is 2. The summed E-state index contributed by atoms with van der Waals surface area (Å²) < 4.78 is 1.62. The topological polar surface area (TPSA) is 88.9 Å². The zero-order chi connectivity index (χ0) is 21.5. The average Bonchev–Trinajstić information content (AvgIpc) is 3.35. The first-order chi connectivity index (χ1) is 15.2. The molecule has 0 saturated heterocycles. The maximum absolute atomic E-state index is 13.0. The van der Waals surface area contributed by atoms with Gasteiger partial charge in [-0.3, -0.25) is 9.59 Å². The van der Waals surface area contributed by atoms with Gasteiger partial charge in [0.1, 0.15) is 12.7 Å². The molecular formula is C24H21N5O2. The molecule has 0 atom stereocenters. The Kier molecular flexibility index (Phi) is 6.13. The molecule has 0 bridgehead atoms. The summed E-state index contributed by atoms with van der Waals surface area (Å²) in [6.07, 6.45) is 3.05. The van der Waals surface area contributed by atoms with Crippen LogP contribution in [0.25, 0.3) is 5.69 Å². The zero-order valence-electron chi connectivity index (χ0n) is 16.7. The monoisotopic (exact) mass is 411 g/mol. The van der Waals surface area contributed by atoms with E-state index in [9.17, 15) is 9.59 Å². The van der Waals surface area contributed by atoms with Crippen LogP contribution in [0.1, 0.15) is 17.0 Å². The van der Waals surface area contributed by atoms with Gasteiger partial charge in [-0.1, -0.05) is 60.7 Å². The van der Waals surface area contributed by atoms with Crippen LogP contribution in [0.4, 0.5) is 5.69 Å². The molecule has 1 heterocycles. The molecule has 7 nitrogen and oxygen atoms in total. The quantitative estimate of drug-likeness (QED) is 0.489. The lowest BCUT2D eigenvalue weighted by atomic mass is 9.90. The van der Waals surface area contributed by atoms with Gasteiger partial charge in [-0.15, -0.1) is 0 Å². The summed E-state index contributed by atoms with van der Waals surface area (Å²) in [5.41, 5.74) is 3.20. The summed E-state index contributed by atoms with van der Waals surface area (Å²) >= 11 is 0. The van der Waals surface area contributed by atoms with Crippen LogP contribution in [0.2, 0.25) is 0 Å². The van der Waals surface area contributed by atoms with Crippen LogP contribution in [0.15, 0.2) is 97.6 Å². The molecule has 0 fully saturated rings. The van der Waals surface area contributed by atoms with E-state index in [1.807, 2.05) is 72.8 Å². The molecular weight excluding hydrogens is 390 g/mol. The first kappa shape index (κ1) is 20.0. The highest BCUT2D eigenvalue weighted by molar-refractivity contribution is 5.96. The fourth-order valence-electron chi connectivity index (χ4n) is 3.30. The third-order valence-corrected chi connectivity index (χ3v) is 4.79. The zero-order valence-corrected chi connectivity index (χ0v) is 16.7. The highest BCUT2D eigenvalue weighted by atomic mass is 16.2. The number of carbonyl (C=O) groups is 2. The molecule has 31 heavy (non-hydrogen) atoms. The van der Waals surface area contributed by atoms with Crippen molar-refractivity contribution in [2.75, 3.05) is 11.9 Å². The lowest BCUT2D eigenvalue weighted by molar-refractivity contribution is -0.124. The van der Waals surface area contributed by atoms with Gasteiger partial charge in [0.15, 0.2) is 0 Å². The Morgan fingerprint density at radius 1 is 0.839 bits per heavy atom. The van der Waals surface area contributed by atoms with Gasteiger partial charge in [-0.25, -0.2) is 9.67 Å². The average molecular weight is 411 g/mol. The van der Waals surface area contributed by atoms with E-state index in [2.05, 4.69) is 20.7 Å². The third kappa shape index (κ3) is 5.02. The van der Waals surface area contributed by atoms with Crippen molar-refractivity contribution in [2.45, 2.75) is 5.92 Å². The van der Waals surface area contributed by atoms with Crippen molar-refractivity contribution in [1.82, 2.24) is 20.1 Å². The second-order valence-electron chi connectivity index (χ2n) is 6.91. The Morgan fingerprint density at radius 3 is 2.00 bits per heavy atom. The molecule has 0 aliphatic rings. The van der Waals surface area contributed by atoms with Gasteiger partial charge in [0.2, 0.25) is 11.8 Å². The molecule has 3 aromatic carbocycles. The van der Waals surface area contributed by atoms with Crippen LogP contribution >= 0.6 is 0 Å². The first-order valence-corrected chi connectivity index (χ1v) is 9.83. The first-order valence-electron chi connectivity index (χ1n) is 9.83. The molecule has 0 spiro atoms. The van der Waals surface area contributed by atoms with Crippen molar-refractivity contribution in [3.8, 4) is 5.69 Å². The summed E-state index contributed by atoms with van der Waals surface area (Å²) in [7, 11) is 0. The Labute approximate surface area is 179 Å². The van der Waals surface area contributed by atoms with E-state index in [-0.39, 0.29) is 18.4 Å². The molecule has 0 unspecified atom stereocenters. The van der Waals surface area contributed by atoms with Gasteiger partial charge >= 0.3 is 0 Å².